The van der Waals surface area contributed by atoms with Gasteiger partial charge in [-0.25, -0.2) is 23.0 Å². The fourth-order valence-corrected chi connectivity index (χ4v) is 6.53. The molecule has 0 unspecified atom stereocenters. The molecule has 2 aliphatic rings. The Bertz CT molecular complexity index is 1060. The predicted molar refractivity (Wildman–Crippen MR) is 123 cm³/mol. The third-order valence-corrected chi connectivity index (χ3v) is 8.24. The average Bonchev–Trinajstić information content (AvgIpc) is 3.21. The van der Waals surface area contributed by atoms with Gasteiger partial charge in [0.05, 0.1) is 17.2 Å². The zero-order valence-electron chi connectivity index (χ0n) is 18.5. The Morgan fingerprint density at radius 2 is 1.85 bits per heavy atom. The van der Waals surface area contributed by atoms with E-state index < -0.39 is 23.9 Å². The van der Waals surface area contributed by atoms with E-state index in [-0.39, 0.29) is 18.2 Å². The van der Waals surface area contributed by atoms with Gasteiger partial charge in [0.15, 0.2) is 0 Å². The van der Waals surface area contributed by atoms with Crippen LogP contribution < -0.4 is 4.90 Å². The molecule has 0 amide bonds. The standard InChI is InChI=1S/C19H29N5O3S.H3O4P/c1-23(19-17-8-9-20-18(17)21-13-22-19)15-6-4-14(5-7-15)12-28(26,27)24-10-2-3-16(25)11-24;1-5(2,3)4/h8-9,13-16,25H,2-7,10-12H2,1H3,(H,20,21,22);(H3,1,2,3,4)/t14?,15?,16-;/m1./s1. The molecule has 0 bridgehead atoms. The van der Waals surface area contributed by atoms with E-state index in [0.29, 0.717) is 19.0 Å². The van der Waals surface area contributed by atoms with Gasteiger partial charge in [-0.15, -0.1) is 0 Å². The average molecular weight is 506 g/mol. The first-order chi connectivity index (χ1) is 15.4. The SMILES string of the molecule is CN(c1ncnc2[nH]ccc12)C1CCC(CS(=O)(=O)N2CCC[C@@H](O)C2)CC1.O=P(O)(O)O. The van der Waals surface area contributed by atoms with Crippen molar-refractivity contribution in [3.05, 3.63) is 18.6 Å². The summed E-state index contributed by atoms with van der Waals surface area (Å²) in [5.74, 6) is 1.31. The molecule has 0 radical (unpaired) electrons. The number of aliphatic hydroxyl groups excluding tert-OH is 1. The number of aromatic amines is 1. The lowest BCUT2D eigenvalue weighted by atomic mass is 9.86. The Hall–Kier alpha value is -1.60. The van der Waals surface area contributed by atoms with Gasteiger partial charge in [-0.3, -0.25) is 0 Å². The fourth-order valence-electron chi connectivity index (χ4n) is 4.59. The van der Waals surface area contributed by atoms with Crippen LogP contribution in [0.4, 0.5) is 5.82 Å². The molecule has 1 saturated carbocycles. The molecule has 186 valence electrons. The molecule has 2 aromatic heterocycles. The molecule has 4 rings (SSSR count). The number of H-pyrrole nitrogens is 1. The largest absolute Gasteiger partial charge is 0.466 e. The maximum Gasteiger partial charge on any atom is 0.466 e. The third-order valence-electron chi connectivity index (χ3n) is 6.23. The van der Waals surface area contributed by atoms with E-state index in [9.17, 15) is 13.5 Å². The molecule has 1 saturated heterocycles. The van der Waals surface area contributed by atoms with E-state index in [1.807, 2.05) is 12.3 Å². The molecular formula is C19H32N5O7PS. The summed E-state index contributed by atoms with van der Waals surface area (Å²) in [4.78, 5) is 35.6. The molecule has 1 aliphatic carbocycles. The van der Waals surface area contributed by atoms with Gasteiger partial charge >= 0.3 is 7.82 Å². The van der Waals surface area contributed by atoms with Gasteiger partial charge in [-0.05, 0) is 50.5 Å². The van der Waals surface area contributed by atoms with E-state index in [0.717, 1.165) is 49.0 Å². The van der Waals surface area contributed by atoms with Crippen molar-refractivity contribution in [2.45, 2.75) is 50.7 Å². The van der Waals surface area contributed by atoms with Gasteiger partial charge in [0.1, 0.15) is 17.8 Å². The first-order valence-electron chi connectivity index (χ1n) is 10.9. The number of nitrogens with one attached hydrogen (secondary N) is 1. The first kappa shape index (κ1) is 26.0. The lowest BCUT2D eigenvalue weighted by molar-refractivity contribution is 0.107. The van der Waals surface area contributed by atoms with E-state index in [2.05, 4.69) is 26.9 Å². The molecule has 2 fully saturated rings. The molecule has 0 spiro atoms. The molecular weight excluding hydrogens is 473 g/mol. The van der Waals surface area contributed by atoms with E-state index in [4.69, 9.17) is 19.2 Å². The number of sulfonamides is 1. The summed E-state index contributed by atoms with van der Waals surface area (Å²) in [6.07, 6.45) is 8.06. The fraction of sp³-hybridized carbons (Fsp3) is 0.684. The van der Waals surface area contributed by atoms with Crippen molar-refractivity contribution in [3.8, 4) is 0 Å². The highest BCUT2D eigenvalue weighted by atomic mass is 32.2. The maximum absolute atomic E-state index is 12.7. The summed E-state index contributed by atoms with van der Waals surface area (Å²) in [5, 5.41) is 10.8. The lowest BCUT2D eigenvalue weighted by Crippen LogP contribution is -2.45. The number of aliphatic hydroxyl groups is 1. The summed E-state index contributed by atoms with van der Waals surface area (Å²) >= 11 is 0. The van der Waals surface area contributed by atoms with Gasteiger partial charge in [-0.1, -0.05) is 0 Å². The summed E-state index contributed by atoms with van der Waals surface area (Å²) in [5.41, 5.74) is 0.834. The molecule has 33 heavy (non-hydrogen) atoms. The number of hydrogen-bond acceptors (Lipinski definition) is 7. The smallest absolute Gasteiger partial charge is 0.392 e. The highest BCUT2D eigenvalue weighted by molar-refractivity contribution is 7.89. The topological polar surface area (TPSA) is 180 Å². The molecule has 14 heteroatoms. The summed E-state index contributed by atoms with van der Waals surface area (Å²) in [7, 11) is -5.87. The Balaban J connectivity index is 0.000000555. The summed E-state index contributed by atoms with van der Waals surface area (Å²) < 4.78 is 35.8. The number of piperidine rings is 1. The quantitative estimate of drug-likeness (QED) is 0.365. The van der Waals surface area contributed by atoms with Crippen LogP contribution in [-0.2, 0) is 14.6 Å². The van der Waals surface area contributed by atoms with Gasteiger partial charge in [0, 0.05) is 32.4 Å². The Morgan fingerprint density at radius 3 is 2.48 bits per heavy atom. The number of anilines is 1. The first-order valence-corrected chi connectivity index (χ1v) is 14.1. The van der Waals surface area contributed by atoms with Crippen LogP contribution in [-0.4, -0.2) is 85.5 Å². The number of β-amino-alcohol motifs (C(OH)–C–C–N with tert-alkyl or cyclic N) is 1. The highest BCUT2D eigenvalue weighted by Gasteiger charge is 2.33. The number of nitrogens with zero attached hydrogens (tertiary/aromatic N) is 4. The molecule has 12 nitrogen and oxygen atoms in total. The Labute approximate surface area is 193 Å². The zero-order chi connectivity index (χ0) is 24.2. The Kier molecular flexibility index (Phi) is 8.49. The van der Waals surface area contributed by atoms with Gasteiger partial charge in [0.2, 0.25) is 10.0 Å². The molecule has 0 aromatic carbocycles. The van der Waals surface area contributed by atoms with E-state index in [1.54, 1.807) is 6.33 Å². The molecule has 1 aliphatic heterocycles. The number of phosphoric acid groups is 1. The third kappa shape index (κ3) is 7.44. The highest BCUT2D eigenvalue weighted by Crippen LogP contribution is 2.32. The predicted octanol–water partition coefficient (Wildman–Crippen LogP) is 0.811. The van der Waals surface area contributed by atoms with Crippen molar-refractivity contribution < 1.29 is 32.8 Å². The van der Waals surface area contributed by atoms with Crippen molar-refractivity contribution in [2.24, 2.45) is 5.92 Å². The van der Waals surface area contributed by atoms with Gasteiger partial charge in [-0.2, -0.15) is 4.31 Å². The van der Waals surface area contributed by atoms with Crippen LogP contribution in [0.1, 0.15) is 38.5 Å². The van der Waals surface area contributed by atoms with Crippen molar-refractivity contribution >= 4 is 34.7 Å². The zero-order valence-corrected chi connectivity index (χ0v) is 20.2. The van der Waals surface area contributed by atoms with Gasteiger partial charge in [0.25, 0.3) is 0 Å². The van der Waals surface area contributed by atoms with Crippen LogP contribution in [0.15, 0.2) is 18.6 Å². The number of fused-ring (bicyclic) bond motifs is 1. The minimum Gasteiger partial charge on any atom is -0.392 e. The summed E-state index contributed by atoms with van der Waals surface area (Å²) in [6, 6.07) is 2.34. The minimum atomic E-state index is -4.64. The number of aromatic nitrogens is 3. The second kappa shape index (κ2) is 10.8. The lowest BCUT2D eigenvalue weighted by Gasteiger charge is -2.36. The van der Waals surface area contributed by atoms with Crippen LogP contribution in [0.2, 0.25) is 0 Å². The van der Waals surface area contributed by atoms with Crippen molar-refractivity contribution in [3.63, 3.8) is 0 Å². The van der Waals surface area contributed by atoms with E-state index in [1.165, 1.54) is 4.31 Å². The number of rotatable bonds is 5. The monoisotopic (exact) mass is 505 g/mol. The number of hydrogen-bond donors (Lipinski definition) is 5. The van der Waals surface area contributed by atoms with E-state index >= 15 is 0 Å². The molecule has 2 aromatic rings. The van der Waals surface area contributed by atoms with Gasteiger partial charge < -0.3 is 29.7 Å². The van der Waals surface area contributed by atoms with Crippen LogP contribution in [0, 0.1) is 5.92 Å². The van der Waals surface area contributed by atoms with Crippen molar-refractivity contribution in [2.75, 3.05) is 30.8 Å². The Morgan fingerprint density at radius 1 is 1.18 bits per heavy atom. The second-order valence-electron chi connectivity index (χ2n) is 8.67. The van der Waals surface area contributed by atoms with Crippen molar-refractivity contribution in [1.82, 2.24) is 19.3 Å². The van der Waals surface area contributed by atoms with Crippen molar-refractivity contribution in [1.29, 1.82) is 0 Å². The van der Waals surface area contributed by atoms with Crippen LogP contribution >= 0.6 is 7.82 Å². The minimum absolute atomic E-state index is 0.186. The molecule has 1 atom stereocenters. The van der Waals surface area contributed by atoms with Crippen LogP contribution in [0.25, 0.3) is 11.0 Å². The molecule has 5 N–H and O–H groups in total. The normalized spacial score (nSPS) is 24.8. The van der Waals surface area contributed by atoms with Crippen LogP contribution in [0.5, 0.6) is 0 Å². The summed E-state index contributed by atoms with van der Waals surface area (Å²) in [6.45, 7) is 0.790. The molecule has 3 heterocycles. The second-order valence-corrected chi connectivity index (χ2v) is 11.7. The maximum atomic E-state index is 12.7. The van der Waals surface area contributed by atoms with Crippen LogP contribution in [0.3, 0.4) is 0 Å².